The van der Waals surface area contributed by atoms with Crippen LogP contribution in [0.4, 0.5) is 25.0 Å². The van der Waals surface area contributed by atoms with Gasteiger partial charge < -0.3 is 19.1 Å². The Bertz CT molecular complexity index is 1740. The Hall–Kier alpha value is -4.38. The van der Waals surface area contributed by atoms with Gasteiger partial charge in [-0.25, -0.2) is 4.98 Å². The van der Waals surface area contributed by atoms with Gasteiger partial charge in [-0.15, -0.1) is 0 Å². The van der Waals surface area contributed by atoms with Crippen molar-refractivity contribution in [3.63, 3.8) is 0 Å². The average molecular weight is 680 g/mol. The molecule has 48 heavy (non-hydrogen) atoms. The summed E-state index contributed by atoms with van der Waals surface area (Å²) in [6, 6.07) is 18.8. The molecule has 8 nitrogen and oxygen atoms in total. The highest BCUT2D eigenvalue weighted by molar-refractivity contribution is 6.30. The number of rotatable bonds is 8. The molecule has 0 aliphatic carbocycles. The number of carbonyl (C=O) groups excluding carboxylic acids is 2. The van der Waals surface area contributed by atoms with E-state index in [1.165, 1.54) is 11.8 Å². The molecular formula is C36H37ClF3N5O3. The Morgan fingerprint density at radius 3 is 2.38 bits per heavy atom. The number of benzene rings is 2. The molecule has 252 valence electrons. The Kier molecular flexibility index (Phi) is 10.1. The maximum atomic E-state index is 14.0. The molecule has 0 saturated carbocycles. The lowest BCUT2D eigenvalue weighted by atomic mass is 9.90. The van der Waals surface area contributed by atoms with E-state index < -0.39 is 23.4 Å². The fourth-order valence-electron chi connectivity index (χ4n) is 6.46. The molecule has 0 unspecified atom stereocenters. The summed E-state index contributed by atoms with van der Waals surface area (Å²) in [6.45, 7) is 5.31. The van der Waals surface area contributed by atoms with Crippen molar-refractivity contribution in [1.82, 2.24) is 14.9 Å². The van der Waals surface area contributed by atoms with Gasteiger partial charge in [0.05, 0.1) is 6.42 Å². The normalized spacial score (nSPS) is 16.2. The largest absolute Gasteiger partial charge is 0.437 e. The first kappa shape index (κ1) is 33.5. The van der Waals surface area contributed by atoms with Crippen molar-refractivity contribution in [2.24, 2.45) is 0 Å². The summed E-state index contributed by atoms with van der Waals surface area (Å²) in [4.78, 5) is 40.1. The highest BCUT2D eigenvalue weighted by Crippen LogP contribution is 2.37. The van der Waals surface area contributed by atoms with Gasteiger partial charge in [-0.05, 0) is 72.6 Å². The molecule has 6 rings (SSSR count). The average Bonchev–Trinajstić information content (AvgIpc) is 3.40. The molecule has 2 aliphatic rings. The molecule has 2 aromatic heterocycles. The molecule has 2 fully saturated rings. The molecule has 2 aromatic carbocycles. The van der Waals surface area contributed by atoms with E-state index in [4.69, 9.17) is 16.0 Å². The zero-order valence-electron chi connectivity index (χ0n) is 26.7. The number of amides is 1. The minimum absolute atomic E-state index is 0.0505. The van der Waals surface area contributed by atoms with E-state index in [0.717, 1.165) is 30.4 Å². The van der Waals surface area contributed by atoms with E-state index >= 15 is 0 Å². The molecule has 0 atom stereocenters. The van der Waals surface area contributed by atoms with Gasteiger partial charge in [0.1, 0.15) is 5.82 Å². The van der Waals surface area contributed by atoms with Gasteiger partial charge in [-0.1, -0.05) is 54.1 Å². The SMILES string of the molecule is Cc1cc(Cl)ccc1CC(=O)N1CCCN(c2ccc(CC(=O)c3oc(N4CCC(c5ccccc5)CC4)nc3C(F)(F)F)cn2)CC1. The van der Waals surface area contributed by atoms with E-state index in [-0.39, 0.29) is 18.3 Å². The van der Waals surface area contributed by atoms with Gasteiger partial charge in [0.15, 0.2) is 5.69 Å². The molecular weight excluding hydrogens is 643 g/mol. The Labute approximate surface area is 282 Å². The summed E-state index contributed by atoms with van der Waals surface area (Å²) < 4.78 is 47.5. The van der Waals surface area contributed by atoms with Crippen molar-refractivity contribution in [3.8, 4) is 0 Å². The Morgan fingerprint density at radius 1 is 0.917 bits per heavy atom. The van der Waals surface area contributed by atoms with E-state index in [0.29, 0.717) is 68.0 Å². The van der Waals surface area contributed by atoms with Crippen molar-refractivity contribution in [2.75, 3.05) is 49.1 Å². The fraction of sp³-hybridized carbons (Fsp3) is 0.389. The van der Waals surface area contributed by atoms with Crippen molar-refractivity contribution in [1.29, 1.82) is 0 Å². The Balaban J connectivity index is 1.07. The minimum atomic E-state index is -4.84. The number of Topliss-reactive ketones (excluding diaryl/α,β-unsaturated/α-hetero) is 1. The van der Waals surface area contributed by atoms with Gasteiger partial charge >= 0.3 is 6.18 Å². The summed E-state index contributed by atoms with van der Waals surface area (Å²) in [7, 11) is 0. The Morgan fingerprint density at radius 2 is 1.69 bits per heavy atom. The van der Waals surface area contributed by atoms with Crippen LogP contribution in [0.5, 0.6) is 0 Å². The summed E-state index contributed by atoms with van der Waals surface area (Å²) >= 11 is 6.06. The second-order valence-corrected chi connectivity index (χ2v) is 12.9. The summed E-state index contributed by atoms with van der Waals surface area (Å²) in [5, 5.41) is 0.639. The van der Waals surface area contributed by atoms with Gasteiger partial charge in [0, 0.05) is 56.9 Å². The third kappa shape index (κ3) is 7.84. The summed E-state index contributed by atoms with van der Waals surface area (Å²) in [6.07, 6.45) is -1.11. The van der Waals surface area contributed by atoms with Crippen LogP contribution in [0.2, 0.25) is 5.02 Å². The summed E-state index contributed by atoms with van der Waals surface area (Å²) in [5.41, 5.74) is 2.29. The van der Waals surface area contributed by atoms with Crippen LogP contribution in [0.1, 0.15) is 63.7 Å². The first-order chi connectivity index (χ1) is 23.0. The molecule has 2 saturated heterocycles. The number of halogens is 4. The first-order valence-electron chi connectivity index (χ1n) is 16.2. The molecule has 0 radical (unpaired) electrons. The predicted octanol–water partition coefficient (Wildman–Crippen LogP) is 7.14. The number of aromatic nitrogens is 2. The topological polar surface area (TPSA) is 82.8 Å². The van der Waals surface area contributed by atoms with Crippen LogP contribution in [0.25, 0.3) is 0 Å². The van der Waals surface area contributed by atoms with E-state index in [1.807, 2.05) is 42.2 Å². The standard InChI is InChI=1S/C36H37ClF3N5O3/c1-24-20-29(37)10-9-28(24)22-32(47)44-15-5-14-43(18-19-44)31-11-8-25(23-41-31)21-30(46)33-34(36(38,39)40)42-35(48-33)45-16-12-27(13-17-45)26-6-3-2-4-7-26/h2-4,6-11,20,23,27H,5,12-19,21-22H2,1H3. The number of alkyl halides is 3. The van der Waals surface area contributed by atoms with Crippen LogP contribution in [0, 0.1) is 6.92 Å². The van der Waals surface area contributed by atoms with Crippen LogP contribution in [0.15, 0.2) is 71.3 Å². The molecule has 0 bridgehead atoms. The minimum Gasteiger partial charge on any atom is -0.420 e. The van der Waals surface area contributed by atoms with Gasteiger partial charge in [-0.2, -0.15) is 18.2 Å². The molecule has 12 heteroatoms. The van der Waals surface area contributed by atoms with Crippen LogP contribution in [-0.2, 0) is 23.8 Å². The van der Waals surface area contributed by atoms with E-state index in [1.54, 1.807) is 23.1 Å². The number of aryl methyl sites for hydroxylation is 1. The van der Waals surface area contributed by atoms with Gasteiger partial charge in [0.25, 0.3) is 6.01 Å². The zero-order chi connectivity index (χ0) is 33.8. The summed E-state index contributed by atoms with van der Waals surface area (Å²) in [5.74, 6) is -0.566. The van der Waals surface area contributed by atoms with Crippen LogP contribution >= 0.6 is 11.6 Å². The number of anilines is 2. The predicted molar refractivity (Wildman–Crippen MR) is 178 cm³/mol. The van der Waals surface area contributed by atoms with Crippen LogP contribution in [-0.4, -0.2) is 65.8 Å². The highest BCUT2D eigenvalue weighted by Gasteiger charge is 2.42. The van der Waals surface area contributed by atoms with E-state index in [9.17, 15) is 22.8 Å². The highest BCUT2D eigenvalue weighted by atomic mass is 35.5. The second-order valence-electron chi connectivity index (χ2n) is 12.4. The molecule has 4 aromatic rings. The third-order valence-corrected chi connectivity index (χ3v) is 9.40. The molecule has 0 N–H and O–H groups in total. The molecule has 2 aliphatic heterocycles. The van der Waals surface area contributed by atoms with Crippen LogP contribution < -0.4 is 9.80 Å². The molecule has 4 heterocycles. The molecule has 1 amide bonds. The third-order valence-electron chi connectivity index (χ3n) is 9.17. The number of hydrogen-bond acceptors (Lipinski definition) is 7. The number of oxazole rings is 1. The monoisotopic (exact) mass is 679 g/mol. The van der Waals surface area contributed by atoms with Crippen molar-refractivity contribution in [2.45, 2.75) is 51.1 Å². The molecule has 0 spiro atoms. The lowest BCUT2D eigenvalue weighted by molar-refractivity contribution is -0.141. The van der Waals surface area contributed by atoms with Crippen molar-refractivity contribution >= 4 is 35.1 Å². The number of ketones is 1. The number of hydrogen-bond donors (Lipinski definition) is 0. The lowest BCUT2D eigenvalue weighted by Gasteiger charge is -2.31. The first-order valence-corrected chi connectivity index (χ1v) is 16.6. The van der Waals surface area contributed by atoms with Crippen LogP contribution in [0.3, 0.4) is 0 Å². The zero-order valence-corrected chi connectivity index (χ0v) is 27.4. The maximum absolute atomic E-state index is 14.0. The van der Waals surface area contributed by atoms with E-state index in [2.05, 4.69) is 27.0 Å². The van der Waals surface area contributed by atoms with Gasteiger partial charge in [-0.3, -0.25) is 9.59 Å². The maximum Gasteiger partial charge on any atom is 0.437 e. The lowest BCUT2D eigenvalue weighted by Crippen LogP contribution is -2.36. The quantitative estimate of drug-likeness (QED) is 0.183. The number of piperidine rings is 1. The second kappa shape index (κ2) is 14.4. The fourth-order valence-corrected chi connectivity index (χ4v) is 6.68. The van der Waals surface area contributed by atoms with Gasteiger partial charge in [0.2, 0.25) is 17.5 Å². The number of pyridine rings is 1. The smallest absolute Gasteiger partial charge is 0.420 e. The van der Waals surface area contributed by atoms with Crippen molar-refractivity contribution < 1.29 is 27.2 Å². The number of carbonyl (C=O) groups is 2. The number of nitrogens with zero attached hydrogens (tertiary/aromatic N) is 5. The van der Waals surface area contributed by atoms with Crippen molar-refractivity contribution in [3.05, 3.63) is 106 Å².